The summed E-state index contributed by atoms with van der Waals surface area (Å²) in [5.74, 6) is -0.777. The van der Waals surface area contributed by atoms with E-state index >= 15 is 0 Å². The Balaban J connectivity index is 3.88. The summed E-state index contributed by atoms with van der Waals surface area (Å²) in [5, 5.41) is 0. The number of ether oxygens (including phenoxy) is 2. The molecule has 0 aliphatic carbocycles. The Hall–Kier alpha value is -2.29. The number of phosphoric acid groups is 1. The van der Waals surface area contributed by atoms with E-state index in [2.05, 4.69) is 74.6 Å². The molecule has 0 heterocycles. The molecule has 2 atom stereocenters. The Bertz CT molecular complexity index is 1790. The van der Waals surface area contributed by atoms with E-state index in [1.807, 2.05) is 21.1 Å². The number of carbonyl (C=O) groups excluding carboxylic acids is 2. The third-order valence-corrected chi connectivity index (χ3v) is 19.8. The van der Waals surface area contributed by atoms with Crippen LogP contribution in [-0.2, 0) is 32.7 Å². The highest BCUT2D eigenvalue weighted by Gasteiger charge is 2.27. The van der Waals surface area contributed by atoms with Crippen molar-refractivity contribution in [2.24, 2.45) is 0 Å². The first-order chi connectivity index (χ1) is 46.5. The molecule has 0 radical (unpaired) electrons. The van der Waals surface area contributed by atoms with Crippen molar-refractivity contribution in [1.82, 2.24) is 0 Å². The molecule has 0 aliphatic heterocycles. The molecule has 0 aromatic heterocycles. The number of nitrogens with zero attached hydrogens (tertiary/aromatic N) is 1. The van der Waals surface area contributed by atoms with Crippen LogP contribution >= 0.6 is 7.82 Å². The van der Waals surface area contributed by atoms with E-state index in [9.17, 15) is 19.0 Å². The van der Waals surface area contributed by atoms with E-state index in [0.29, 0.717) is 23.9 Å². The van der Waals surface area contributed by atoms with Gasteiger partial charge >= 0.3 is 19.8 Å². The minimum Gasteiger partial charge on any atom is -0.462 e. The highest BCUT2D eigenvalue weighted by Crippen LogP contribution is 2.43. The van der Waals surface area contributed by atoms with Crippen LogP contribution in [0.4, 0.5) is 0 Å². The van der Waals surface area contributed by atoms with Crippen molar-refractivity contribution in [3.8, 4) is 0 Å². The zero-order chi connectivity index (χ0) is 69.0. The Labute approximate surface area is 591 Å². The van der Waals surface area contributed by atoms with E-state index in [0.717, 1.165) is 64.2 Å². The van der Waals surface area contributed by atoms with Gasteiger partial charge in [0.05, 0.1) is 27.7 Å². The molecule has 0 aromatic carbocycles. The van der Waals surface area contributed by atoms with Gasteiger partial charge in [-0.15, -0.1) is 0 Å². The molecule has 0 amide bonds. The fourth-order valence-electron chi connectivity index (χ4n) is 12.5. The van der Waals surface area contributed by atoms with Gasteiger partial charge in [0.2, 0.25) is 0 Å². The highest BCUT2D eigenvalue weighted by atomic mass is 31.2. The molecule has 10 heteroatoms. The lowest BCUT2D eigenvalue weighted by molar-refractivity contribution is -0.870. The molecule has 0 rings (SSSR count). The summed E-state index contributed by atoms with van der Waals surface area (Å²) >= 11 is 0. The van der Waals surface area contributed by atoms with Crippen LogP contribution in [0.1, 0.15) is 418 Å². The maximum atomic E-state index is 12.9. The number of hydrogen-bond donors (Lipinski definition) is 1. The molecule has 0 bridgehead atoms. The van der Waals surface area contributed by atoms with Gasteiger partial charge in [0, 0.05) is 12.8 Å². The average molecular weight is 1360 g/mol. The topological polar surface area (TPSA) is 108 Å². The number of hydrogen-bond acceptors (Lipinski definition) is 7. The predicted octanol–water partition coefficient (Wildman–Crippen LogP) is 27.7. The Morgan fingerprint density at radius 1 is 0.337 bits per heavy atom. The van der Waals surface area contributed by atoms with E-state index in [1.54, 1.807) is 0 Å². The number of esters is 2. The van der Waals surface area contributed by atoms with Crippen molar-refractivity contribution >= 4 is 19.8 Å². The molecule has 0 saturated carbocycles. The van der Waals surface area contributed by atoms with Crippen molar-refractivity contribution in [2.45, 2.75) is 424 Å². The summed E-state index contributed by atoms with van der Waals surface area (Å²) in [6, 6.07) is 0. The van der Waals surface area contributed by atoms with Crippen LogP contribution in [0.2, 0.25) is 0 Å². The zero-order valence-corrected chi connectivity index (χ0v) is 64.8. The van der Waals surface area contributed by atoms with E-state index in [4.69, 9.17) is 18.5 Å². The number of allylic oxidation sites excluding steroid dienone is 10. The van der Waals surface area contributed by atoms with Gasteiger partial charge in [-0.05, 0) is 57.8 Å². The molecule has 0 spiro atoms. The van der Waals surface area contributed by atoms with Crippen molar-refractivity contribution < 1.29 is 42.1 Å². The first kappa shape index (κ1) is 92.7. The summed E-state index contributed by atoms with van der Waals surface area (Å²) < 4.78 is 34.8. The Kier molecular flexibility index (Phi) is 74.1. The summed E-state index contributed by atoms with van der Waals surface area (Å²) in [4.78, 5) is 36.0. The van der Waals surface area contributed by atoms with Crippen molar-refractivity contribution in [1.29, 1.82) is 0 Å². The third-order valence-electron chi connectivity index (χ3n) is 18.8. The van der Waals surface area contributed by atoms with Gasteiger partial charge in [0.1, 0.15) is 19.8 Å². The Morgan fingerprint density at radius 2 is 0.600 bits per heavy atom. The fraction of sp³-hybridized carbons (Fsp3) is 0.859. The van der Waals surface area contributed by atoms with Crippen LogP contribution < -0.4 is 0 Å². The number of carbonyl (C=O) groups is 2. The molecule has 0 aromatic rings. The standard InChI is InChI=1S/C85H160NO8P/c1-6-8-10-12-14-16-18-20-22-24-26-28-30-32-34-36-38-39-40-41-42-43-44-45-46-48-49-51-53-55-57-59-61-63-65-67-69-71-73-75-77-84(87)91-81-83(82-93-95(89,90)92-80-79-86(3,4)5)94-85(88)78-76-74-72-70-68-66-64-62-60-58-56-54-52-50-47-37-35-33-31-29-27-25-23-21-19-17-15-13-11-9-7-2/h9,11,15,17,21,23,27,29,33,35,83H,6-8,10,12-14,16,18-20,22,24-26,28,30-32,34,36-82H2,1-5H3/p+1/b11-9-,17-15-,23-21-,29-27-,35-33-. The van der Waals surface area contributed by atoms with Gasteiger partial charge in [-0.1, -0.05) is 408 Å². The third kappa shape index (κ3) is 80.6. The summed E-state index contributed by atoms with van der Waals surface area (Å²) in [6.07, 6.45) is 103. The number of unbranched alkanes of at least 4 members (excludes halogenated alkanes) is 54. The van der Waals surface area contributed by atoms with Gasteiger partial charge in [0.25, 0.3) is 0 Å². The van der Waals surface area contributed by atoms with Crippen molar-refractivity contribution in [3.05, 3.63) is 60.8 Å². The molecule has 0 saturated heterocycles. The first-order valence-corrected chi connectivity index (χ1v) is 43.0. The lowest BCUT2D eigenvalue weighted by atomic mass is 10.0. The van der Waals surface area contributed by atoms with Crippen LogP contribution in [0.15, 0.2) is 60.8 Å². The quantitative estimate of drug-likeness (QED) is 0.0211. The fourth-order valence-corrected chi connectivity index (χ4v) is 13.3. The number of rotatable bonds is 78. The maximum absolute atomic E-state index is 12.9. The molecular weight excluding hydrogens is 1190 g/mol. The monoisotopic (exact) mass is 1360 g/mol. The molecule has 1 N–H and O–H groups in total. The largest absolute Gasteiger partial charge is 0.472 e. The predicted molar refractivity (Wildman–Crippen MR) is 413 cm³/mol. The van der Waals surface area contributed by atoms with Crippen LogP contribution in [-0.4, -0.2) is 74.9 Å². The Morgan fingerprint density at radius 3 is 0.895 bits per heavy atom. The maximum Gasteiger partial charge on any atom is 0.472 e. The summed E-state index contributed by atoms with van der Waals surface area (Å²) in [5.41, 5.74) is 0. The van der Waals surface area contributed by atoms with E-state index < -0.39 is 26.5 Å². The molecule has 558 valence electrons. The zero-order valence-electron chi connectivity index (χ0n) is 63.9. The van der Waals surface area contributed by atoms with Gasteiger partial charge in [0.15, 0.2) is 6.10 Å². The SMILES string of the molecule is CC/C=C\C/C=C\C/C=C\C/C=C\C/C=C\CCCCCCCCCCCCCCCCCC(=O)OC(COC(=O)CCCCCCCCCCCCCCCCCCCCCCCCCCCCCCCCCCCCCCCCCC)COP(=O)(O)OCC[N+](C)(C)C. The summed E-state index contributed by atoms with van der Waals surface area (Å²) in [6.45, 7) is 4.39. The van der Waals surface area contributed by atoms with Crippen LogP contribution in [0, 0.1) is 0 Å². The van der Waals surface area contributed by atoms with Gasteiger partial charge in [-0.25, -0.2) is 4.57 Å². The van der Waals surface area contributed by atoms with Crippen molar-refractivity contribution in [2.75, 3.05) is 47.5 Å². The minimum absolute atomic E-state index is 0.0329. The molecule has 0 fully saturated rings. The number of likely N-dealkylation sites (N-methyl/N-ethyl adjacent to an activating group) is 1. The second-order valence-electron chi connectivity index (χ2n) is 29.5. The van der Waals surface area contributed by atoms with E-state index in [1.165, 1.54) is 321 Å². The van der Waals surface area contributed by atoms with Gasteiger partial charge in [-0.2, -0.15) is 0 Å². The molecule has 0 aliphatic rings. The normalized spacial score (nSPS) is 13.3. The van der Waals surface area contributed by atoms with E-state index in [-0.39, 0.29) is 25.6 Å². The smallest absolute Gasteiger partial charge is 0.462 e. The molecule has 9 nitrogen and oxygen atoms in total. The first-order valence-electron chi connectivity index (χ1n) is 41.5. The lowest BCUT2D eigenvalue weighted by Crippen LogP contribution is -2.37. The second kappa shape index (κ2) is 75.9. The molecule has 2 unspecified atom stereocenters. The number of phosphoric ester groups is 1. The van der Waals surface area contributed by atoms with Gasteiger partial charge < -0.3 is 18.9 Å². The molecular formula is C85H161NO8P+. The average Bonchev–Trinajstić information content (AvgIpc) is 2.29. The van der Waals surface area contributed by atoms with Crippen molar-refractivity contribution in [3.63, 3.8) is 0 Å². The summed E-state index contributed by atoms with van der Waals surface area (Å²) in [7, 11) is 1.49. The van der Waals surface area contributed by atoms with Gasteiger partial charge in [-0.3, -0.25) is 18.6 Å². The van der Waals surface area contributed by atoms with Crippen LogP contribution in [0.3, 0.4) is 0 Å². The second-order valence-corrected chi connectivity index (χ2v) is 30.9. The lowest BCUT2D eigenvalue weighted by Gasteiger charge is -2.24. The van der Waals surface area contributed by atoms with Crippen LogP contribution in [0.25, 0.3) is 0 Å². The minimum atomic E-state index is -4.40. The highest BCUT2D eigenvalue weighted by molar-refractivity contribution is 7.47. The molecule has 95 heavy (non-hydrogen) atoms. The number of quaternary nitrogens is 1. The van der Waals surface area contributed by atoms with Crippen LogP contribution in [0.5, 0.6) is 0 Å².